The molecule has 2 aromatic rings. The summed E-state index contributed by atoms with van der Waals surface area (Å²) < 4.78 is 6.75. The van der Waals surface area contributed by atoms with Crippen LogP contribution in [0.1, 0.15) is 59.7 Å². The summed E-state index contributed by atoms with van der Waals surface area (Å²) in [7, 11) is 0. The van der Waals surface area contributed by atoms with Crippen molar-refractivity contribution in [2.24, 2.45) is 5.92 Å². The van der Waals surface area contributed by atoms with Gasteiger partial charge in [-0.1, -0.05) is 12.1 Å². The highest BCUT2D eigenvalue weighted by Gasteiger charge is 2.60. The molecule has 1 amide bonds. The molecule has 1 unspecified atom stereocenters. The number of carbonyl (C=O) groups excluding carboxylic acids is 1. The van der Waals surface area contributed by atoms with Crippen LogP contribution < -0.4 is 5.32 Å². The van der Waals surface area contributed by atoms with E-state index in [1.54, 1.807) is 11.3 Å². The van der Waals surface area contributed by atoms with Crippen LogP contribution in [0.25, 0.3) is 10.1 Å². The lowest BCUT2D eigenvalue weighted by Gasteiger charge is -2.52. The Morgan fingerprint density at radius 2 is 1.86 bits per heavy atom. The smallest absolute Gasteiger partial charge is 0.261 e. The Morgan fingerprint density at radius 1 is 1.10 bits per heavy atom. The van der Waals surface area contributed by atoms with Gasteiger partial charge in [0.1, 0.15) is 0 Å². The minimum Gasteiger partial charge on any atom is -0.381 e. The SMILES string of the molecule is Cl.O=C(NC1C2CCN(CC2)C12CC2)c1cc2ccc(C3CCOCC3)cc2s1. The second kappa shape index (κ2) is 7.52. The van der Waals surface area contributed by atoms with Gasteiger partial charge in [-0.2, -0.15) is 0 Å². The Balaban J connectivity index is 0.00000181. The first-order valence-corrected chi connectivity index (χ1v) is 11.7. The Morgan fingerprint density at radius 3 is 2.59 bits per heavy atom. The van der Waals surface area contributed by atoms with Gasteiger partial charge in [-0.05, 0) is 86.5 Å². The third kappa shape index (κ3) is 3.31. The molecule has 1 aromatic heterocycles. The van der Waals surface area contributed by atoms with Crippen molar-refractivity contribution < 1.29 is 9.53 Å². The van der Waals surface area contributed by atoms with Crippen molar-refractivity contribution in [2.45, 2.75) is 56.0 Å². The molecule has 5 heterocycles. The summed E-state index contributed by atoms with van der Waals surface area (Å²) in [5.74, 6) is 1.41. The summed E-state index contributed by atoms with van der Waals surface area (Å²) in [6, 6.07) is 9.20. The van der Waals surface area contributed by atoms with Crippen molar-refractivity contribution in [2.75, 3.05) is 26.3 Å². The Kier molecular flexibility index (Phi) is 5.14. The average molecular weight is 433 g/mol. The van der Waals surface area contributed by atoms with Crippen LogP contribution in [-0.2, 0) is 4.74 Å². The van der Waals surface area contributed by atoms with Crippen LogP contribution >= 0.6 is 23.7 Å². The number of halogens is 1. The summed E-state index contributed by atoms with van der Waals surface area (Å²) in [6.07, 6.45) is 7.21. The maximum atomic E-state index is 13.1. The molecule has 2 bridgehead atoms. The number of nitrogens with zero attached hydrogens (tertiary/aromatic N) is 1. The fourth-order valence-corrected chi connectivity index (χ4v) is 6.99. The lowest BCUT2D eigenvalue weighted by Crippen LogP contribution is -2.65. The van der Waals surface area contributed by atoms with E-state index >= 15 is 0 Å². The summed E-state index contributed by atoms with van der Waals surface area (Å²) in [5.41, 5.74) is 1.70. The van der Waals surface area contributed by atoms with Crippen LogP contribution in [0.5, 0.6) is 0 Å². The molecule has 1 N–H and O–H groups in total. The predicted molar refractivity (Wildman–Crippen MR) is 119 cm³/mol. The highest BCUT2D eigenvalue weighted by Crippen LogP contribution is 2.53. The third-order valence-corrected chi connectivity index (χ3v) is 8.83. The second-order valence-electron chi connectivity index (χ2n) is 9.17. The molecule has 1 aromatic carbocycles. The first-order valence-electron chi connectivity index (χ1n) is 10.9. The standard InChI is InChI=1S/C23H28N2O2S.ClH/c26-22(24-21-16-3-9-25(10-4-16)23(21)7-8-23)20-14-18-2-1-17(13-19(18)28-20)15-5-11-27-12-6-15;/h1-2,13-16,21H,3-12H2,(H,24,26);1H. The van der Waals surface area contributed by atoms with Gasteiger partial charge in [0.15, 0.2) is 0 Å². The number of rotatable bonds is 3. The van der Waals surface area contributed by atoms with E-state index in [-0.39, 0.29) is 18.3 Å². The van der Waals surface area contributed by atoms with E-state index in [1.807, 2.05) is 0 Å². The Bertz CT molecular complexity index is 911. The number of thiophene rings is 1. The van der Waals surface area contributed by atoms with Gasteiger partial charge in [0.2, 0.25) is 0 Å². The molecule has 1 saturated carbocycles. The molecular formula is C23H29ClN2O2S. The monoisotopic (exact) mass is 432 g/mol. The zero-order valence-electron chi connectivity index (χ0n) is 16.7. The lowest BCUT2D eigenvalue weighted by molar-refractivity contribution is -0.00138. The fourth-order valence-electron chi connectivity index (χ4n) is 5.98. The zero-order chi connectivity index (χ0) is 18.7. The van der Waals surface area contributed by atoms with Crippen molar-refractivity contribution in [3.8, 4) is 0 Å². The number of ether oxygens (including phenoxy) is 1. The normalized spacial score (nSPS) is 30.3. The summed E-state index contributed by atoms with van der Waals surface area (Å²) in [6.45, 7) is 4.19. The quantitative estimate of drug-likeness (QED) is 0.772. The van der Waals surface area contributed by atoms with Crippen LogP contribution in [0.2, 0.25) is 0 Å². The topological polar surface area (TPSA) is 41.6 Å². The van der Waals surface area contributed by atoms with E-state index in [2.05, 4.69) is 34.5 Å². The van der Waals surface area contributed by atoms with Gasteiger partial charge < -0.3 is 10.1 Å². The van der Waals surface area contributed by atoms with Gasteiger partial charge in [0.25, 0.3) is 5.91 Å². The highest BCUT2D eigenvalue weighted by molar-refractivity contribution is 7.20. The van der Waals surface area contributed by atoms with Crippen LogP contribution in [0.4, 0.5) is 0 Å². The number of benzene rings is 1. The number of carbonyl (C=O) groups is 1. The van der Waals surface area contributed by atoms with Gasteiger partial charge in [-0.25, -0.2) is 0 Å². The van der Waals surface area contributed by atoms with Crippen molar-refractivity contribution in [3.63, 3.8) is 0 Å². The van der Waals surface area contributed by atoms with Crippen molar-refractivity contribution >= 4 is 39.7 Å². The molecule has 1 aliphatic carbocycles. The summed E-state index contributed by atoms with van der Waals surface area (Å²) in [5, 5.41) is 4.67. The van der Waals surface area contributed by atoms with Crippen molar-refractivity contribution in [1.29, 1.82) is 0 Å². The molecule has 4 saturated heterocycles. The van der Waals surface area contributed by atoms with E-state index in [0.29, 0.717) is 23.4 Å². The lowest BCUT2D eigenvalue weighted by atomic mass is 9.77. The molecule has 6 heteroatoms. The minimum absolute atomic E-state index is 0. The third-order valence-electron chi connectivity index (χ3n) is 7.73. The van der Waals surface area contributed by atoms with Gasteiger partial charge in [-0.15, -0.1) is 23.7 Å². The van der Waals surface area contributed by atoms with Crippen LogP contribution in [-0.4, -0.2) is 48.7 Å². The maximum Gasteiger partial charge on any atom is 0.261 e. The van der Waals surface area contributed by atoms with Crippen LogP contribution in [0.15, 0.2) is 24.3 Å². The van der Waals surface area contributed by atoms with E-state index in [1.165, 1.54) is 54.4 Å². The predicted octanol–water partition coefficient (Wildman–Crippen LogP) is 4.57. The number of nitrogens with one attached hydrogen (secondary N) is 1. The van der Waals surface area contributed by atoms with Gasteiger partial charge >= 0.3 is 0 Å². The highest BCUT2D eigenvalue weighted by atomic mass is 35.5. The first-order chi connectivity index (χ1) is 13.7. The molecular weight excluding hydrogens is 404 g/mol. The molecule has 5 aliphatic rings. The fraction of sp³-hybridized carbons (Fsp3) is 0.609. The maximum absolute atomic E-state index is 13.1. The van der Waals surface area contributed by atoms with E-state index in [4.69, 9.17) is 4.74 Å². The molecule has 29 heavy (non-hydrogen) atoms. The van der Waals surface area contributed by atoms with E-state index in [9.17, 15) is 4.79 Å². The molecule has 5 fully saturated rings. The molecule has 4 nitrogen and oxygen atoms in total. The van der Waals surface area contributed by atoms with Gasteiger partial charge in [-0.3, -0.25) is 9.69 Å². The molecule has 7 rings (SSSR count). The van der Waals surface area contributed by atoms with Crippen molar-refractivity contribution in [3.05, 3.63) is 34.7 Å². The van der Waals surface area contributed by atoms with Crippen LogP contribution in [0.3, 0.4) is 0 Å². The number of hydrogen-bond acceptors (Lipinski definition) is 4. The first kappa shape index (κ1) is 19.8. The molecule has 156 valence electrons. The van der Waals surface area contributed by atoms with Gasteiger partial charge in [0, 0.05) is 23.5 Å². The van der Waals surface area contributed by atoms with E-state index in [0.717, 1.165) is 30.9 Å². The summed E-state index contributed by atoms with van der Waals surface area (Å²) in [4.78, 5) is 16.6. The minimum atomic E-state index is 0. The Labute approximate surface area is 182 Å². The zero-order valence-corrected chi connectivity index (χ0v) is 18.3. The Hall–Kier alpha value is -1.14. The van der Waals surface area contributed by atoms with E-state index < -0.39 is 0 Å². The number of hydrogen-bond donors (Lipinski definition) is 1. The average Bonchev–Trinajstić information content (AvgIpc) is 3.40. The molecule has 4 aliphatic heterocycles. The molecule has 0 radical (unpaired) electrons. The molecule has 1 spiro atoms. The second-order valence-corrected chi connectivity index (χ2v) is 10.3. The summed E-state index contributed by atoms with van der Waals surface area (Å²) >= 11 is 1.66. The number of piperidine rings is 3. The van der Waals surface area contributed by atoms with Crippen LogP contribution in [0, 0.1) is 5.92 Å². The molecule has 1 atom stereocenters. The van der Waals surface area contributed by atoms with Gasteiger partial charge in [0.05, 0.1) is 10.9 Å². The largest absolute Gasteiger partial charge is 0.381 e. The number of fused-ring (bicyclic) bond motifs is 3. The van der Waals surface area contributed by atoms with Crippen molar-refractivity contribution in [1.82, 2.24) is 10.2 Å². The number of amides is 1.